The van der Waals surface area contributed by atoms with Crippen LogP contribution in [-0.2, 0) is 9.59 Å². The van der Waals surface area contributed by atoms with Gasteiger partial charge in [-0.3, -0.25) is 4.79 Å². The van der Waals surface area contributed by atoms with Gasteiger partial charge >= 0.3 is 5.97 Å². The van der Waals surface area contributed by atoms with Crippen LogP contribution in [-0.4, -0.2) is 34.5 Å². The first-order valence-corrected chi connectivity index (χ1v) is 6.45. The second-order valence-corrected chi connectivity index (χ2v) is 5.61. The average Bonchev–Trinajstić information content (AvgIpc) is 3.11. The Morgan fingerprint density at radius 3 is 2.35 bits per heavy atom. The normalized spacial score (nSPS) is 33.2. The van der Waals surface area contributed by atoms with Crippen molar-refractivity contribution in [1.82, 2.24) is 4.90 Å². The van der Waals surface area contributed by atoms with Gasteiger partial charge in [-0.15, -0.1) is 0 Å². The van der Waals surface area contributed by atoms with E-state index in [1.165, 1.54) is 24.7 Å². The largest absolute Gasteiger partial charge is 0.479 e. The zero-order valence-corrected chi connectivity index (χ0v) is 10.6. The molecule has 2 aliphatic carbocycles. The van der Waals surface area contributed by atoms with E-state index in [1.807, 2.05) is 0 Å². The third-order valence-electron chi connectivity index (χ3n) is 4.57. The maximum Gasteiger partial charge on any atom is 0.329 e. The summed E-state index contributed by atoms with van der Waals surface area (Å²) >= 11 is 0. The molecule has 0 aromatic rings. The van der Waals surface area contributed by atoms with Crippen LogP contribution in [0.1, 0.15) is 45.4 Å². The maximum absolute atomic E-state index is 11.6. The number of carboxylic acid groups (broad SMARTS) is 1. The van der Waals surface area contributed by atoms with E-state index >= 15 is 0 Å². The lowest BCUT2D eigenvalue weighted by molar-refractivity contribution is -0.161. The van der Waals surface area contributed by atoms with E-state index in [4.69, 9.17) is 0 Å². The number of carbonyl (C=O) groups is 2. The highest BCUT2D eigenvalue weighted by Gasteiger charge is 2.50. The lowest BCUT2D eigenvalue weighted by Gasteiger charge is -2.43. The maximum atomic E-state index is 11.6. The molecule has 96 valence electrons. The Hall–Kier alpha value is -1.06. The molecule has 1 amide bonds. The van der Waals surface area contributed by atoms with Gasteiger partial charge < -0.3 is 10.0 Å². The Bertz CT molecular complexity index is 338. The molecule has 17 heavy (non-hydrogen) atoms. The number of rotatable bonds is 3. The molecule has 0 spiro atoms. The van der Waals surface area contributed by atoms with Crippen molar-refractivity contribution in [2.45, 2.75) is 51.0 Å². The summed E-state index contributed by atoms with van der Waals surface area (Å²) in [6.07, 6.45) is 5.77. The van der Waals surface area contributed by atoms with E-state index in [0.29, 0.717) is 18.8 Å². The fourth-order valence-electron chi connectivity index (χ4n) is 3.21. The zero-order chi connectivity index (χ0) is 12.6. The van der Waals surface area contributed by atoms with Gasteiger partial charge in [0.25, 0.3) is 0 Å². The Labute approximate surface area is 102 Å². The van der Waals surface area contributed by atoms with Crippen molar-refractivity contribution in [3.63, 3.8) is 0 Å². The van der Waals surface area contributed by atoms with Crippen LogP contribution in [0.4, 0.5) is 0 Å². The number of carbonyl (C=O) groups excluding carboxylic acids is 1. The predicted octanol–water partition coefficient (Wildman–Crippen LogP) is 1.89. The van der Waals surface area contributed by atoms with Crippen molar-refractivity contribution in [1.29, 1.82) is 0 Å². The number of likely N-dealkylation sites (N-methyl/N-ethyl adjacent to an activating group) is 1. The van der Waals surface area contributed by atoms with Crippen LogP contribution in [0.3, 0.4) is 0 Å². The molecule has 2 fully saturated rings. The lowest BCUT2D eigenvalue weighted by atomic mass is 9.73. The SMILES string of the molecule is CC(=O)N(C)C1(C(=O)O)CCCC(C2CC2)C1. The summed E-state index contributed by atoms with van der Waals surface area (Å²) in [5.41, 5.74) is -0.947. The summed E-state index contributed by atoms with van der Waals surface area (Å²) in [6, 6.07) is 0. The third kappa shape index (κ3) is 2.17. The standard InChI is InChI=1S/C13H21NO3/c1-9(15)14(2)13(12(16)17)7-3-4-11(8-13)10-5-6-10/h10-11H,3-8H2,1-2H3,(H,16,17). The summed E-state index contributed by atoms with van der Waals surface area (Å²) < 4.78 is 0. The molecular formula is C13H21NO3. The molecule has 0 saturated heterocycles. The summed E-state index contributed by atoms with van der Waals surface area (Å²) in [5, 5.41) is 9.53. The first-order valence-electron chi connectivity index (χ1n) is 6.45. The monoisotopic (exact) mass is 239 g/mol. The van der Waals surface area contributed by atoms with E-state index in [-0.39, 0.29) is 5.91 Å². The van der Waals surface area contributed by atoms with Crippen LogP contribution in [0.15, 0.2) is 0 Å². The summed E-state index contributed by atoms with van der Waals surface area (Å²) in [5.74, 6) is 0.237. The van der Waals surface area contributed by atoms with Gasteiger partial charge in [-0.25, -0.2) is 4.79 Å². The molecule has 0 radical (unpaired) electrons. The molecule has 0 bridgehead atoms. The molecule has 0 aliphatic heterocycles. The van der Waals surface area contributed by atoms with Crippen LogP contribution in [0.25, 0.3) is 0 Å². The number of carboxylic acids is 1. The Balaban J connectivity index is 2.20. The van der Waals surface area contributed by atoms with Crippen LogP contribution in [0, 0.1) is 11.8 Å². The van der Waals surface area contributed by atoms with Crippen molar-refractivity contribution in [2.75, 3.05) is 7.05 Å². The fraction of sp³-hybridized carbons (Fsp3) is 0.846. The minimum Gasteiger partial charge on any atom is -0.479 e. The molecule has 1 N–H and O–H groups in total. The highest BCUT2D eigenvalue weighted by molar-refractivity contribution is 5.86. The molecule has 4 heteroatoms. The van der Waals surface area contributed by atoms with Crippen molar-refractivity contribution in [3.05, 3.63) is 0 Å². The van der Waals surface area contributed by atoms with Gasteiger partial charge in [0.05, 0.1) is 0 Å². The quantitative estimate of drug-likeness (QED) is 0.818. The molecule has 2 rings (SSSR count). The number of hydrogen-bond acceptors (Lipinski definition) is 2. The van der Waals surface area contributed by atoms with E-state index in [1.54, 1.807) is 7.05 Å². The van der Waals surface area contributed by atoms with Crippen LogP contribution in [0.5, 0.6) is 0 Å². The second-order valence-electron chi connectivity index (χ2n) is 5.61. The lowest BCUT2D eigenvalue weighted by Crippen LogP contribution is -2.57. The highest BCUT2D eigenvalue weighted by Crippen LogP contribution is 2.48. The molecule has 0 aromatic carbocycles. The van der Waals surface area contributed by atoms with Gasteiger partial charge in [-0.05, 0) is 43.9 Å². The van der Waals surface area contributed by atoms with E-state index < -0.39 is 11.5 Å². The van der Waals surface area contributed by atoms with Crippen LogP contribution >= 0.6 is 0 Å². The summed E-state index contributed by atoms with van der Waals surface area (Å²) in [7, 11) is 1.63. The average molecular weight is 239 g/mol. The fourth-order valence-corrected chi connectivity index (χ4v) is 3.21. The van der Waals surface area contributed by atoms with Crippen LogP contribution < -0.4 is 0 Å². The minimum absolute atomic E-state index is 0.149. The van der Waals surface area contributed by atoms with Gasteiger partial charge in [0.1, 0.15) is 5.54 Å². The molecule has 0 aromatic heterocycles. The molecular weight excluding hydrogens is 218 g/mol. The number of aliphatic carboxylic acids is 1. The van der Waals surface area contributed by atoms with Crippen LogP contribution in [0.2, 0.25) is 0 Å². The van der Waals surface area contributed by atoms with Gasteiger partial charge in [0, 0.05) is 14.0 Å². The summed E-state index contributed by atoms with van der Waals surface area (Å²) in [6.45, 7) is 1.45. The van der Waals surface area contributed by atoms with Gasteiger partial charge in [-0.2, -0.15) is 0 Å². The third-order valence-corrected chi connectivity index (χ3v) is 4.57. The highest BCUT2D eigenvalue weighted by atomic mass is 16.4. The Morgan fingerprint density at radius 2 is 1.88 bits per heavy atom. The summed E-state index contributed by atoms with van der Waals surface area (Å²) in [4.78, 5) is 24.6. The molecule has 0 heterocycles. The van der Waals surface area contributed by atoms with Crippen molar-refractivity contribution in [2.24, 2.45) is 11.8 Å². The van der Waals surface area contributed by atoms with Gasteiger partial charge in [-0.1, -0.05) is 6.42 Å². The Morgan fingerprint density at radius 1 is 1.24 bits per heavy atom. The minimum atomic E-state index is -0.947. The predicted molar refractivity (Wildman–Crippen MR) is 63.5 cm³/mol. The van der Waals surface area contributed by atoms with Crippen molar-refractivity contribution >= 4 is 11.9 Å². The van der Waals surface area contributed by atoms with E-state index in [0.717, 1.165) is 18.8 Å². The topological polar surface area (TPSA) is 57.6 Å². The van der Waals surface area contributed by atoms with Crippen molar-refractivity contribution in [3.8, 4) is 0 Å². The zero-order valence-electron chi connectivity index (χ0n) is 10.6. The second kappa shape index (κ2) is 4.31. The molecule has 2 atom stereocenters. The molecule has 2 unspecified atom stereocenters. The van der Waals surface area contributed by atoms with E-state index in [2.05, 4.69) is 0 Å². The number of nitrogens with zero attached hydrogens (tertiary/aromatic N) is 1. The first-order chi connectivity index (χ1) is 7.97. The molecule has 2 aliphatic rings. The van der Waals surface area contributed by atoms with Gasteiger partial charge in [0.2, 0.25) is 5.91 Å². The first kappa shape index (κ1) is 12.4. The Kier molecular flexibility index (Phi) is 3.15. The number of amides is 1. The smallest absolute Gasteiger partial charge is 0.329 e. The molecule has 2 saturated carbocycles. The van der Waals surface area contributed by atoms with E-state index in [9.17, 15) is 14.7 Å². The molecule has 4 nitrogen and oxygen atoms in total. The van der Waals surface area contributed by atoms with Crippen molar-refractivity contribution < 1.29 is 14.7 Å². The van der Waals surface area contributed by atoms with Gasteiger partial charge in [0.15, 0.2) is 0 Å². The number of hydrogen-bond donors (Lipinski definition) is 1.